The molecule has 2 rings (SSSR count). The van der Waals surface area contributed by atoms with Crippen LogP contribution in [0.3, 0.4) is 0 Å². The Hall–Kier alpha value is -2.18. The van der Waals surface area contributed by atoms with Crippen molar-refractivity contribution >= 4 is 11.9 Å². The van der Waals surface area contributed by atoms with Crippen molar-refractivity contribution in [2.75, 3.05) is 6.61 Å². The maximum absolute atomic E-state index is 12.9. The number of carbonyl (C=O) groups excluding carboxylic acids is 1. The van der Waals surface area contributed by atoms with Crippen molar-refractivity contribution in [3.63, 3.8) is 0 Å². The molecule has 1 fully saturated rings. The molecule has 1 aromatic carbocycles. The first-order chi connectivity index (χ1) is 10.7. The summed E-state index contributed by atoms with van der Waals surface area (Å²) in [6, 6.07) is 5.93. The number of hydrogen-bond donors (Lipinski definition) is 1. The van der Waals surface area contributed by atoms with Crippen molar-refractivity contribution in [1.29, 1.82) is 0 Å². The van der Waals surface area contributed by atoms with Gasteiger partial charge in [0.2, 0.25) is 0 Å². The lowest BCUT2D eigenvalue weighted by atomic mass is 10.1. The second-order valence-electron chi connectivity index (χ2n) is 5.87. The number of carbonyl (C=O) groups is 2. The summed E-state index contributed by atoms with van der Waals surface area (Å²) in [4.78, 5) is 21.9. The largest absolute Gasteiger partial charge is 0.488 e. The molecule has 1 saturated carbocycles. The Bertz CT molecular complexity index is 577. The van der Waals surface area contributed by atoms with E-state index in [9.17, 15) is 18.4 Å². The first kappa shape index (κ1) is 17.2. The highest BCUT2D eigenvalue weighted by Crippen LogP contribution is 2.34. The zero-order chi connectivity index (χ0) is 17.1. The molecule has 0 amide bonds. The Morgan fingerprint density at radius 3 is 2.30 bits per heavy atom. The van der Waals surface area contributed by atoms with E-state index in [1.54, 1.807) is 12.1 Å². The summed E-state index contributed by atoms with van der Waals surface area (Å²) < 4.78 is 35.9. The minimum atomic E-state index is -4.10. The number of benzene rings is 1. The molecular weight excluding hydrogens is 310 g/mol. The molecular formula is C16H18F2O5. The molecule has 0 unspecified atom stereocenters. The molecule has 0 atom stereocenters. The van der Waals surface area contributed by atoms with Gasteiger partial charge in [-0.2, -0.15) is 8.78 Å². The average Bonchev–Trinajstić information content (AvgIpc) is 2.92. The van der Waals surface area contributed by atoms with Gasteiger partial charge in [0.25, 0.3) is 0 Å². The highest BCUT2D eigenvalue weighted by molar-refractivity contribution is 5.89. The van der Waals surface area contributed by atoms with Crippen molar-refractivity contribution in [3.8, 4) is 5.75 Å². The van der Waals surface area contributed by atoms with Crippen LogP contribution in [-0.2, 0) is 9.53 Å². The fourth-order valence-corrected chi connectivity index (χ4v) is 2.47. The zero-order valence-electron chi connectivity index (χ0n) is 12.7. The maximum atomic E-state index is 12.9. The van der Waals surface area contributed by atoms with Crippen LogP contribution in [0.2, 0.25) is 0 Å². The van der Waals surface area contributed by atoms with Crippen LogP contribution in [0.4, 0.5) is 8.78 Å². The molecule has 0 heterocycles. The van der Waals surface area contributed by atoms with Crippen LogP contribution >= 0.6 is 0 Å². The van der Waals surface area contributed by atoms with Gasteiger partial charge in [0.05, 0.1) is 5.56 Å². The molecule has 0 aliphatic heterocycles. The van der Waals surface area contributed by atoms with E-state index in [-0.39, 0.29) is 11.2 Å². The number of carboxylic acid groups (broad SMARTS) is 1. The number of rotatable bonds is 6. The number of carboxylic acids is 1. The number of halogens is 2. The molecule has 7 heteroatoms. The number of alkyl halides is 2. The van der Waals surface area contributed by atoms with Gasteiger partial charge in [-0.1, -0.05) is 0 Å². The monoisotopic (exact) mass is 328 g/mol. The van der Waals surface area contributed by atoms with Gasteiger partial charge in [0.1, 0.15) is 11.4 Å². The standard InChI is InChI=1S/C16H18F2O5/c1-15(8-2-3-9-15)23-12-6-4-11(5-7-12)13(19)22-10-16(17,18)14(20)21/h4-7H,2-3,8-10H2,1H3,(H,20,21). The van der Waals surface area contributed by atoms with E-state index in [4.69, 9.17) is 9.84 Å². The molecule has 5 nitrogen and oxygen atoms in total. The van der Waals surface area contributed by atoms with Crippen LogP contribution < -0.4 is 4.74 Å². The molecule has 1 aromatic rings. The molecule has 1 aliphatic carbocycles. The van der Waals surface area contributed by atoms with Gasteiger partial charge in [-0.25, -0.2) is 9.59 Å². The second kappa shape index (κ2) is 6.52. The Kier molecular flexibility index (Phi) is 4.87. The number of hydrogen-bond acceptors (Lipinski definition) is 4. The van der Waals surface area contributed by atoms with E-state index in [0.717, 1.165) is 25.7 Å². The minimum absolute atomic E-state index is 0.0510. The smallest absolute Gasteiger partial charge is 0.378 e. The first-order valence-electron chi connectivity index (χ1n) is 7.29. The van der Waals surface area contributed by atoms with E-state index < -0.39 is 24.5 Å². The second-order valence-corrected chi connectivity index (χ2v) is 5.87. The van der Waals surface area contributed by atoms with Crippen LogP contribution in [0.15, 0.2) is 24.3 Å². The zero-order valence-corrected chi connectivity index (χ0v) is 12.7. The van der Waals surface area contributed by atoms with Crippen molar-refractivity contribution < 1.29 is 33.0 Å². The van der Waals surface area contributed by atoms with Gasteiger partial charge in [-0.15, -0.1) is 0 Å². The van der Waals surface area contributed by atoms with Crippen LogP contribution in [0.1, 0.15) is 43.0 Å². The maximum Gasteiger partial charge on any atom is 0.378 e. The van der Waals surface area contributed by atoms with Crippen molar-refractivity contribution in [2.24, 2.45) is 0 Å². The van der Waals surface area contributed by atoms with Gasteiger partial charge in [0.15, 0.2) is 6.61 Å². The Morgan fingerprint density at radius 1 is 1.22 bits per heavy atom. The van der Waals surface area contributed by atoms with E-state index in [2.05, 4.69) is 4.74 Å². The number of ether oxygens (including phenoxy) is 2. The van der Waals surface area contributed by atoms with Crippen LogP contribution in [0.5, 0.6) is 5.75 Å². The van der Waals surface area contributed by atoms with E-state index in [1.807, 2.05) is 6.92 Å². The lowest BCUT2D eigenvalue weighted by molar-refractivity contribution is -0.170. The summed E-state index contributed by atoms with van der Waals surface area (Å²) in [5, 5.41) is 8.26. The van der Waals surface area contributed by atoms with Gasteiger partial charge in [-0.05, 0) is 56.9 Å². The van der Waals surface area contributed by atoms with Crippen LogP contribution in [0.25, 0.3) is 0 Å². The summed E-state index contributed by atoms with van der Waals surface area (Å²) in [5.41, 5.74) is -0.166. The summed E-state index contributed by atoms with van der Waals surface area (Å²) in [6.07, 6.45) is 4.14. The minimum Gasteiger partial charge on any atom is -0.488 e. The fraction of sp³-hybridized carbons (Fsp3) is 0.500. The molecule has 1 N–H and O–H groups in total. The average molecular weight is 328 g/mol. The van der Waals surface area contributed by atoms with Gasteiger partial charge >= 0.3 is 17.9 Å². The van der Waals surface area contributed by atoms with Gasteiger partial charge < -0.3 is 14.6 Å². The molecule has 1 aliphatic rings. The molecule has 0 aromatic heterocycles. The van der Waals surface area contributed by atoms with E-state index >= 15 is 0 Å². The predicted molar refractivity (Wildman–Crippen MR) is 76.8 cm³/mol. The normalized spacial score (nSPS) is 16.8. The van der Waals surface area contributed by atoms with Crippen LogP contribution in [0, 0.1) is 0 Å². The van der Waals surface area contributed by atoms with Gasteiger partial charge in [0, 0.05) is 0 Å². The van der Waals surface area contributed by atoms with Crippen LogP contribution in [-0.4, -0.2) is 35.2 Å². The number of aliphatic carboxylic acids is 1. The summed E-state index contributed by atoms with van der Waals surface area (Å²) >= 11 is 0. The lowest BCUT2D eigenvalue weighted by Gasteiger charge is -2.25. The quantitative estimate of drug-likeness (QED) is 0.811. The summed E-state index contributed by atoms with van der Waals surface area (Å²) in [6.45, 7) is 0.521. The topological polar surface area (TPSA) is 72.8 Å². The Balaban J connectivity index is 1.93. The molecule has 0 bridgehead atoms. The van der Waals surface area contributed by atoms with Crippen molar-refractivity contribution in [2.45, 2.75) is 44.1 Å². The van der Waals surface area contributed by atoms with Crippen molar-refractivity contribution in [1.82, 2.24) is 0 Å². The summed E-state index contributed by atoms with van der Waals surface area (Å²) in [7, 11) is 0. The van der Waals surface area contributed by atoms with E-state index in [1.165, 1.54) is 12.1 Å². The molecule has 0 saturated heterocycles. The molecule has 126 valence electrons. The lowest BCUT2D eigenvalue weighted by Crippen LogP contribution is -2.34. The highest BCUT2D eigenvalue weighted by Gasteiger charge is 2.40. The molecule has 0 spiro atoms. The van der Waals surface area contributed by atoms with E-state index in [0.29, 0.717) is 5.75 Å². The Labute approximate surface area is 132 Å². The third kappa shape index (κ3) is 4.40. The first-order valence-corrected chi connectivity index (χ1v) is 7.29. The highest BCUT2D eigenvalue weighted by atomic mass is 19.3. The Morgan fingerprint density at radius 2 is 1.78 bits per heavy atom. The molecule has 0 radical (unpaired) electrons. The molecule has 23 heavy (non-hydrogen) atoms. The predicted octanol–water partition coefficient (Wildman–Crippen LogP) is 3.27. The third-order valence-corrected chi connectivity index (χ3v) is 3.81. The SMILES string of the molecule is CC1(Oc2ccc(C(=O)OCC(F)(F)C(=O)O)cc2)CCCC1. The summed E-state index contributed by atoms with van der Waals surface area (Å²) in [5.74, 6) is -6.86. The van der Waals surface area contributed by atoms with Crippen molar-refractivity contribution in [3.05, 3.63) is 29.8 Å². The fourth-order valence-electron chi connectivity index (χ4n) is 2.47. The number of esters is 1. The van der Waals surface area contributed by atoms with Gasteiger partial charge in [-0.3, -0.25) is 0 Å². The third-order valence-electron chi connectivity index (χ3n) is 3.81.